The Balaban J connectivity index is 1.43. The third kappa shape index (κ3) is 4.10. The number of anilines is 1. The van der Waals surface area contributed by atoms with E-state index in [0.717, 1.165) is 29.0 Å². The Hall–Kier alpha value is -3.49. The molecule has 2 amide bonds. The third-order valence-corrected chi connectivity index (χ3v) is 6.71. The van der Waals surface area contributed by atoms with Gasteiger partial charge in [-0.1, -0.05) is 65.8 Å². The van der Waals surface area contributed by atoms with Crippen LogP contribution in [0.15, 0.2) is 82.8 Å². The molecular formula is C25H18ClFN4O2S. The largest absolute Gasteiger partial charge is 0.323 e. The number of carbonyl (C=O) groups is 2. The van der Waals surface area contributed by atoms with Gasteiger partial charge >= 0.3 is 0 Å². The summed E-state index contributed by atoms with van der Waals surface area (Å²) in [6.07, 6.45) is 0. The molecule has 3 aromatic rings. The maximum absolute atomic E-state index is 14.1. The topological polar surface area (TPSA) is 74.1 Å². The van der Waals surface area contributed by atoms with Crippen molar-refractivity contribution < 1.29 is 14.0 Å². The van der Waals surface area contributed by atoms with Crippen LogP contribution in [0.2, 0.25) is 5.02 Å². The van der Waals surface area contributed by atoms with E-state index < -0.39 is 23.0 Å². The molecule has 0 bridgehead atoms. The second-order valence-corrected chi connectivity index (χ2v) is 9.47. The molecule has 0 aromatic heterocycles. The van der Waals surface area contributed by atoms with Crippen LogP contribution in [-0.2, 0) is 9.59 Å². The molecule has 0 fully saturated rings. The minimum atomic E-state index is -0.694. The van der Waals surface area contributed by atoms with Crippen LogP contribution in [0.4, 0.5) is 15.8 Å². The van der Waals surface area contributed by atoms with Crippen molar-refractivity contribution in [2.24, 2.45) is 9.98 Å². The third-order valence-electron chi connectivity index (χ3n) is 5.43. The average Bonchev–Trinajstić information content (AvgIpc) is 3.19. The van der Waals surface area contributed by atoms with Gasteiger partial charge in [-0.3, -0.25) is 9.59 Å². The molecule has 0 unspecified atom stereocenters. The van der Waals surface area contributed by atoms with Crippen LogP contribution in [0.5, 0.6) is 0 Å². The lowest BCUT2D eigenvalue weighted by atomic mass is 10.1. The SMILES string of the molecule is C[C@@H](SC1=Nc2ccccc2C2=N[C@@H](c3ccccc3)C(=O)N12)C(=O)Nc1ccc(Cl)cc1F. The summed E-state index contributed by atoms with van der Waals surface area (Å²) in [5.41, 5.74) is 2.22. The molecule has 3 aromatic carbocycles. The molecule has 5 rings (SSSR count). The summed E-state index contributed by atoms with van der Waals surface area (Å²) in [6.45, 7) is 1.67. The second kappa shape index (κ2) is 9.04. The van der Waals surface area contributed by atoms with E-state index in [2.05, 4.69) is 10.3 Å². The summed E-state index contributed by atoms with van der Waals surface area (Å²) in [7, 11) is 0. The van der Waals surface area contributed by atoms with Gasteiger partial charge in [-0.15, -0.1) is 0 Å². The van der Waals surface area contributed by atoms with E-state index in [9.17, 15) is 14.0 Å². The summed E-state index contributed by atoms with van der Waals surface area (Å²) in [4.78, 5) is 37.1. The molecule has 2 atom stereocenters. The highest BCUT2D eigenvalue weighted by Crippen LogP contribution is 2.38. The van der Waals surface area contributed by atoms with E-state index >= 15 is 0 Å². The van der Waals surface area contributed by atoms with Gasteiger partial charge in [0.05, 0.1) is 16.6 Å². The van der Waals surface area contributed by atoms with Crippen LogP contribution in [0, 0.1) is 5.82 Å². The first-order chi connectivity index (χ1) is 16.4. The number of hydrogen-bond acceptors (Lipinski definition) is 5. The summed E-state index contributed by atoms with van der Waals surface area (Å²) in [5.74, 6) is -0.795. The molecule has 2 aliphatic rings. The molecule has 0 aliphatic carbocycles. The Morgan fingerprint density at radius 3 is 2.62 bits per heavy atom. The smallest absolute Gasteiger partial charge is 0.263 e. The number of hydrogen-bond donors (Lipinski definition) is 1. The summed E-state index contributed by atoms with van der Waals surface area (Å²) >= 11 is 6.90. The van der Waals surface area contributed by atoms with Crippen LogP contribution < -0.4 is 5.32 Å². The lowest BCUT2D eigenvalue weighted by Gasteiger charge is -2.26. The Labute approximate surface area is 204 Å². The number of nitrogens with zero attached hydrogens (tertiary/aromatic N) is 3. The van der Waals surface area contributed by atoms with Gasteiger partial charge < -0.3 is 5.32 Å². The quantitative estimate of drug-likeness (QED) is 0.517. The van der Waals surface area contributed by atoms with E-state index in [0.29, 0.717) is 16.7 Å². The van der Waals surface area contributed by atoms with E-state index in [1.807, 2.05) is 54.6 Å². The average molecular weight is 493 g/mol. The predicted molar refractivity (Wildman–Crippen MR) is 133 cm³/mol. The summed E-state index contributed by atoms with van der Waals surface area (Å²) < 4.78 is 14.1. The molecular weight excluding hydrogens is 475 g/mol. The van der Waals surface area contributed by atoms with E-state index in [4.69, 9.17) is 16.6 Å². The number of aliphatic imine (C=N–C) groups is 2. The molecule has 0 saturated carbocycles. The number of amides is 2. The maximum atomic E-state index is 14.1. The van der Waals surface area contributed by atoms with Gasteiger partial charge in [0.1, 0.15) is 11.7 Å². The van der Waals surface area contributed by atoms with Crippen molar-refractivity contribution in [3.63, 3.8) is 0 Å². The normalized spacial score (nSPS) is 17.4. The Bertz CT molecular complexity index is 1360. The number of para-hydroxylation sites is 1. The predicted octanol–water partition coefficient (Wildman–Crippen LogP) is 5.57. The van der Waals surface area contributed by atoms with Crippen molar-refractivity contribution in [2.75, 3.05) is 5.32 Å². The molecule has 0 spiro atoms. The molecule has 9 heteroatoms. The fraction of sp³-hybridized carbons (Fsp3) is 0.120. The molecule has 0 saturated heterocycles. The Morgan fingerprint density at radius 1 is 1.12 bits per heavy atom. The highest BCUT2D eigenvalue weighted by atomic mass is 35.5. The number of thioether (sulfide) groups is 1. The molecule has 34 heavy (non-hydrogen) atoms. The highest BCUT2D eigenvalue weighted by molar-refractivity contribution is 8.15. The zero-order valence-electron chi connectivity index (χ0n) is 17.9. The molecule has 1 N–H and O–H groups in total. The highest BCUT2D eigenvalue weighted by Gasteiger charge is 2.42. The van der Waals surface area contributed by atoms with Crippen LogP contribution in [0.3, 0.4) is 0 Å². The van der Waals surface area contributed by atoms with E-state index in [1.165, 1.54) is 17.0 Å². The number of fused-ring (bicyclic) bond motifs is 3. The lowest BCUT2D eigenvalue weighted by molar-refractivity contribution is -0.124. The van der Waals surface area contributed by atoms with Crippen LogP contribution in [0.1, 0.15) is 24.1 Å². The van der Waals surface area contributed by atoms with Gasteiger partial charge in [0, 0.05) is 10.6 Å². The number of halogens is 2. The van der Waals surface area contributed by atoms with Gasteiger partial charge in [-0.2, -0.15) is 0 Å². The van der Waals surface area contributed by atoms with E-state index in [-0.39, 0.29) is 16.6 Å². The Morgan fingerprint density at radius 2 is 1.85 bits per heavy atom. The number of amidine groups is 2. The fourth-order valence-electron chi connectivity index (χ4n) is 3.72. The zero-order valence-corrected chi connectivity index (χ0v) is 19.5. The standard InChI is InChI=1S/C25H18ClFN4O2S/c1-14(23(32)28-20-12-11-16(26)13-18(20)27)34-25-29-19-10-6-5-9-17(19)22-30-21(24(33)31(22)25)15-7-3-2-4-8-15/h2-14,21H,1H3,(H,28,32)/t14-,21+/m1/s1. The zero-order chi connectivity index (χ0) is 23.8. The molecule has 6 nitrogen and oxygen atoms in total. The summed E-state index contributed by atoms with van der Waals surface area (Å²) in [6, 6.07) is 20.1. The van der Waals surface area contributed by atoms with Gasteiger partial charge in [0.2, 0.25) is 5.91 Å². The molecule has 0 radical (unpaired) electrons. The monoisotopic (exact) mass is 492 g/mol. The van der Waals surface area contributed by atoms with Crippen molar-refractivity contribution in [1.29, 1.82) is 0 Å². The number of rotatable bonds is 4. The van der Waals surface area contributed by atoms with Gasteiger partial charge in [-0.05, 0) is 42.8 Å². The van der Waals surface area contributed by atoms with Gasteiger partial charge in [-0.25, -0.2) is 19.3 Å². The van der Waals surface area contributed by atoms with Gasteiger partial charge in [0.25, 0.3) is 5.91 Å². The van der Waals surface area contributed by atoms with Crippen LogP contribution in [-0.4, -0.2) is 33.0 Å². The molecule has 170 valence electrons. The minimum absolute atomic E-state index is 0.0291. The fourth-order valence-corrected chi connectivity index (χ4v) is 4.79. The first-order valence-corrected chi connectivity index (χ1v) is 11.8. The van der Waals surface area contributed by atoms with Crippen molar-refractivity contribution in [1.82, 2.24) is 4.90 Å². The van der Waals surface area contributed by atoms with Crippen molar-refractivity contribution >= 4 is 57.6 Å². The minimum Gasteiger partial charge on any atom is -0.323 e. The number of nitrogens with one attached hydrogen (secondary N) is 1. The van der Waals surface area contributed by atoms with E-state index in [1.54, 1.807) is 6.92 Å². The van der Waals surface area contributed by atoms with Crippen LogP contribution >= 0.6 is 23.4 Å². The number of benzene rings is 3. The van der Waals surface area contributed by atoms with Crippen molar-refractivity contribution in [2.45, 2.75) is 18.2 Å². The number of carbonyl (C=O) groups excluding carboxylic acids is 2. The Kier molecular flexibility index (Phi) is 5.93. The van der Waals surface area contributed by atoms with Crippen molar-refractivity contribution in [3.05, 3.63) is 94.8 Å². The first kappa shape index (κ1) is 22.3. The molecule has 2 heterocycles. The van der Waals surface area contributed by atoms with Crippen molar-refractivity contribution in [3.8, 4) is 0 Å². The molecule has 2 aliphatic heterocycles. The maximum Gasteiger partial charge on any atom is 0.263 e. The second-order valence-electron chi connectivity index (χ2n) is 7.72. The van der Waals surface area contributed by atoms with Gasteiger partial charge in [0.15, 0.2) is 11.2 Å². The summed E-state index contributed by atoms with van der Waals surface area (Å²) in [5, 5.41) is 2.48. The first-order valence-electron chi connectivity index (χ1n) is 10.5. The van der Waals surface area contributed by atoms with Crippen LogP contribution in [0.25, 0.3) is 0 Å². The lowest BCUT2D eigenvalue weighted by Crippen LogP contribution is -2.41.